The first-order chi connectivity index (χ1) is 8.66. The van der Waals surface area contributed by atoms with E-state index in [2.05, 4.69) is 17.3 Å². The topological polar surface area (TPSA) is 55.7 Å². The largest absolute Gasteiger partial charge is 0.504 e. The molecule has 4 nitrogen and oxygen atoms in total. The number of hydrogen-bond donors (Lipinski definition) is 3. The summed E-state index contributed by atoms with van der Waals surface area (Å²) in [5.41, 5.74) is 0.753. The molecule has 1 aliphatic heterocycles. The highest BCUT2D eigenvalue weighted by atomic mass is 16.3. The highest BCUT2D eigenvalue weighted by Gasteiger charge is 2.16. The van der Waals surface area contributed by atoms with Gasteiger partial charge in [0.1, 0.15) is 0 Å². The minimum absolute atomic E-state index is 0.00613. The number of para-hydroxylation sites is 1. The molecule has 0 atom stereocenters. The van der Waals surface area contributed by atoms with E-state index >= 15 is 0 Å². The van der Waals surface area contributed by atoms with Gasteiger partial charge in [0.15, 0.2) is 11.5 Å². The van der Waals surface area contributed by atoms with E-state index in [9.17, 15) is 10.2 Å². The summed E-state index contributed by atoms with van der Waals surface area (Å²) in [6, 6.07) is 5.08. The number of aromatic hydroxyl groups is 2. The highest BCUT2D eigenvalue weighted by molar-refractivity contribution is 5.44. The van der Waals surface area contributed by atoms with Crippen LogP contribution in [0.1, 0.15) is 18.4 Å². The van der Waals surface area contributed by atoms with Crippen LogP contribution in [0, 0.1) is 5.92 Å². The van der Waals surface area contributed by atoms with Gasteiger partial charge >= 0.3 is 0 Å². The summed E-state index contributed by atoms with van der Waals surface area (Å²) in [5, 5.41) is 22.4. The maximum absolute atomic E-state index is 9.67. The van der Waals surface area contributed by atoms with Gasteiger partial charge in [-0.05, 0) is 51.5 Å². The quantitative estimate of drug-likeness (QED) is 0.709. The smallest absolute Gasteiger partial charge is 0.161 e. The van der Waals surface area contributed by atoms with Gasteiger partial charge < -0.3 is 20.4 Å². The standard InChI is InChI=1S/C14H22N2O2/c1-16-7-5-11(6-8-16)9-15-10-12-3-2-4-13(17)14(12)18/h2-4,11,15,17-18H,5-10H2,1H3. The molecule has 1 aromatic rings. The lowest BCUT2D eigenvalue weighted by Gasteiger charge is -2.29. The number of hydrogen-bond acceptors (Lipinski definition) is 4. The SMILES string of the molecule is CN1CCC(CNCc2cccc(O)c2O)CC1. The fourth-order valence-corrected chi connectivity index (χ4v) is 2.40. The first-order valence-electron chi connectivity index (χ1n) is 6.56. The minimum Gasteiger partial charge on any atom is -0.504 e. The molecule has 1 heterocycles. The number of phenols is 2. The lowest BCUT2D eigenvalue weighted by molar-refractivity contribution is 0.216. The van der Waals surface area contributed by atoms with Crippen molar-refractivity contribution in [1.29, 1.82) is 0 Å². The van der Waals surface area contributed by atoms with Gasteiger partial charge in [0, 0.05) is 12.1 Å². The zero-order valence-corrected chi connectivity index (χ0v) is 10.9. The van der Waals surface area contributed by atoms with Gasteiger partial charge in [-0.25, -0.2) is 0 Å². The van der Waals surface area contributed by atoms with Crippen LogP contribution in [0.2, 0.25) is 0 Å². The molecule has 100 valence electrons. The number of rotatable bonds is 4. The maximum atomic E-state index is 9.67. The van der Waals surface area contributed by atoms with E-state index in [4.69, 9.17) is 0 Å². The Labute approximate surface area is 108 Å². The lowest BCUT2D eigenvalue weighted by atomic mass is 9.97. The Bertz CT molecular complexity index is 387. The Morgan fingerprint density at radius 3 is 2.72 bits per heavy atom. The Morgan fingerprint density at radius 1 is 1.28 bits per heavy atom. The fraction of sp³-hybridized carbons (Fsp3) is 0.571. The third kappa shape index (κ3) is 3.37. The summed E-state index contributed by atoms with van der Waals surface area (Å²) in [6.45, 7) is 3.92. The van der Waals surface area contributed by atoms with Gasteiger partial charge in [-0.1, -0.05) is 12.1 Å². The van der Waals surface area contributed by atoms with E-state index in [1.54, 1.807) is 6.07 Å². The molecule has 0 saturated carbocycles. The first kappa shape index (κ1) is 13.2. The second-order valence-electron chi connectivity index (χ2n) is 5.16. The van der Waals surface area contributed by atoms with Gasteiger partial charge in [0.25, 0.3) is 0 Å². The van der Waals surface area contributed by atoms with Crippen molar-refractivity contribution in [3.63, 3.8) is 0 Å². The van der Waals surface area contributed by atoms with Crippen LogP contribution in [0.25, 0.3) is 0 Å². The Balaban J connectivity index is 1.77. The zero-order chi connectivity index (χ0) is 13.0. The molecule has 0 unspecified atom stereocenters. The van der Waals surface area contributed by atoms with Gasteiger partial charge in [0.2, 0.25) is 0 Å². The molecule has 0 spiro atoms. The average molecular weight is 250 g/mol. The maximum Gasteiger partial charge on any atom is 0.161 e. The molecule has 0 amide bonds. The summed E-state index contributed by atoms with van der Waals surface area (Å²) >= 11 is 0. The molecule has 0 bridgehead atoms. The van der Waals surface area contributed by atoms with Crippen LogP contribution in [0.4, 0.5) is 0 Å². The van der Waals surface area contributed by atoms with E-state index < -0.39 is 0 Å². The molecular weight excluding hydrogens is 228 g/mol. The van der Waals surface area contributed by atoms with Crippen LogP contribution < -0.4 is 5.32 Å². The van der Waals surface area contributed by atoms with Crippen LogP contribution in [0.15, 0.2) is 18.2 Å². The highest BCUT2D eigenvalue weighted by Crippen LogP contribution is 2.28. The van der Waals surface area contributed by atoms with E-state index in [-0.39, 0.29) is 11.5 Å². The van der Waals surface area contributed by atoms with Crippen molar-refractivity contribution in [3.05, 3.63) is 23.8 Å². The van der Waals surface area contributed by atoms with Gasteiger partial charge in [-0.2, -0.15) is 0 Å². The summed E-state index contributed by atoms with van der Waals surface area (Å²) in [5.74, 6) is 0.669. The predicted molar refractivity (Wildman–Crippen MR) is 71.7 cm³/mol. The van der Waals surface area contributed by atoms with Crippen molar-refractivity contribution in [2.45, 2.75) is 19.4 Å². The van der Waals surface area contributed by atoms with Crippen LogP contribution in [0.3, 0.4) is 0 Å². The lowest BCUT2D eigenvalue weighted by Crippen LogP contribution is -2.34. The molecule has 4 heteroatoms. The Morgan fingerprint density at radius 2 is 2.00 bits per heavy atom. The molecule has 1 aromatic carbocycles. The number of phenolic OH excluding ortho intramolecular Hbond substituents is 2. The molecular formula is C14H22N2O2. The molecule has 0 radical (unpaired) electrons. The number of likely N-dealkylation sites (tertiary alicyclic amines) is 1. The van der Waals surface area contributed by atoms with Gasteiger partial charge in [0.05, 0.1) is 0 Å². The van der Waals surface area contributed by atoms with Gasteiger partial charge in [-0.15, -0.1) is 0 Å². The van der Waals surface area contributed by atoms with E-state index in [0.29, 0.717) is 6.54 Å². The van der Waals surface area contributed by atoms with Crippen LogP contribution in [-0.2, 0) is 6.54 Å². The third-order valence-electron chi connectivity index (χ3n) is 3.68. The summed E-state index contributed by atoms with van der Waals surface area (Å²) in [7, 11) is 2.16. The van der Waals surface area contributed by atoms with Gasteiger partial charge in [-0.3, -0.25) is 0 Å². The molecule has 0 aliphatic carbocycles. The van der Waals surface area contributed by atoms with Crippen molar-refractivity contribution in [2.24, 2.45) is 5.92 Å². The molecule has 3 N–H and O–H groups in total. The van der Waals surface area contributed by atoms with E-state index in [1.807, 2.05) is 6.07 Å². The van der Waals surface area contributed by atoms with Crippen molar-refractivity contribution in [3.8, 4) is 11.5 Å². The third-order valence-corrected chi connectivity index (χ3v) is 3.68. The minimum atomic E-state index is -0.0476. The normalized spacial score (nSPS) is 18.1. The molecule has 1 aliphatic rings. The van der Waals surface area contributed by atoms with Crippen LogP contribution in [-0.4, -0.2) is 41.8 Å². The number of nitrogens with zero attached hydrogens (tertiary/aromatic N) is 1. The zero-order valence-electron chi connectivity index (χ0n) is 10.9. The second kappa shape index (κ2) is 6.07. The van der Waals surface area contributed by atoms with Crippen LogP contribution >= 0.6 is 0 Å². The van der Waals surface area contributed by atoms with Crippen molar-refractivity contribution in [2.75, 3.05) is 26.7 Å². The fourth-order valence-electron chi connectivity index (χ4n) is 2.40. The average Bonchev–Trinajstić information content (AvgIpc) is 2.37. The monoisotopic (exact) mass is 250 g/mol. The number of nitrogens with one attached hydrogen (secondary N) is 1. The van der Waals surface area contributed by atoms with Crippen molar-refractivity contribution >= 4 is 0 Å². The molecule has 2 rings (SSSR count). The Kier molecular flexibility index (Phi) is 4.44. The van der Waals surface area contributed by atoms with E-state index in [0.717, 1.165) is 18.0 Å². The van der Waals surface area contributed by atoms with Crippen molar-refractivity contribution < 1.29 is 10.2 Å². The molecule has 18 heavy (non-hydrogen) atoms. The Hall–Kier alpha value is -1.26. The summed E-state index contributed by atoms with van der Waals surface area (Å²) in [6.07, 6.45) is 2.46. The molecule has 1 saturated heterocycles. The van der Waals surface area contributed by atoms with Crippen LogP contribution in [0.5, 0.6) is 11.5 Å². The molecule has 0 aromatic heterocycles. The summed E-state index contributed by atoms with van der Waals surface area (Å²) < 4.78 is 0. The summed E-state index contributed by atoms with van der Waals surface area (Å²) in [4.78, 5) is 2.36. The predicted octanol–water partition coefficient (Wildman–Crippen LogP) is 1.53. The van der Waals surface area contributed by atoms with E-state index in [1.165, 1.54) is 32.0 Å². The number of piperidine rings is 1. The second-order valence-corrected chi connectivity index (χ2v) is 5.16. The first-order valence-corrected chi connectivity index (χ1v) is 6.56. The number of benzene rings is 1. The molecule has 1 fully saturated rings. The van der Waals surface area contributed by atoms with Crippen molar-refractivity contribution in [1.82, 2.24) is 10.2 Å².